The van der Waals surface area contributed by atoms with E-state index in [1.165, 1.54) is 218 Å². The standard InChI is InChI=1S/C75H132O6/c1-4-7-10-13-16-19-22-25-28-31-33-34-35-36-37-38-39-40-42-44-47-50-53-56-59-62-65-68-74(77)80-71-72(70-79-73(76)67-64-61-58-55-52-49-46-43-30-27-24-21-18-15-12-9-6-3)81-75(78)69-66-63-60-57-54-51-48-45-41-32-29-26-23-20-17-14-11-8-5-2/h9,12,18,21-22,25-27,29-31,33,35-36,72H,4-8,10-11,13-17,19-20,23-24,28,32,34,37-71H2,1-3H3/b12-9-,21-18-,25-22-,29-26-,30-27-,33-31-,36-35-. The third-order valence-electron chi connectivity index (χ3n) is 15.4. The van der Waals surface area contributed by atoms with Crippen LogP contribution in [0.25, 0.3) is 0 Å². The van der Waals surface area contributed by atoms with E-state index < -0.39 is 6.10 Å². The first-order valence-corrected chi connectivity index (χ1v) is 35.1. The largest absolute Gasteiger partial charge is 0.462 e. The number of carbonyl (C=O) groups is 3. The molecule has 0 heterocycles. The molecule has 6 heteroatoms. The first-order valence-electron chi connectivity index (χ1n) is 35.1. The smallest absolute Gasteiger partial charge is 0.306 e. The van der Waals surface area contributed by atoms with Gasteiger partial charge in [-0.25, -0.2) is 0 Å². The molecule has 0 N–H and O–H groups in total. The first-order chi connectivity index (χ1) is 40.0. The van der Waals surface area contributed by atoms with Crippen molar-refractivity contribution in [2.45, 2.75) is 361 Å². The van der Waals surface area contributed by atoms with Crippen molar-refractivity contribution in [1.29, 1.82) is 0 Å². The Hall–Kier alpha value is -3.41. The van der Waals surface area contributed by atoms with Gasteiger partial charge in [0.25, 0.3) is 0 Å². The number of allylic oxidation sites excluding steroid dienone is 14. The molecule has 1 atom stereocenters. The van der Waals surface area contributed by atoms with Crippen molar-refractivity contribution >= 4 is 17.9 Å². The van der Waals surface area contributed by atoms with Crippen LogP contribution in [0.3, 0.4) is 0 Å². The van der Waals surface area contributed by atoms with Crippen molar-refractivity contribution in [3.63, 3.8) is 0 Å². The fraction of sp³-hybridized carbons (Fsp3) is 0.773. The first kappa shape index (κ1) is 77.6. The lowest BCUT2D eigenvalue weighted by Crippen LogP contribution is -2.30. The van der Waals surface area contributed by atoms with Crippen molar-refractivity contribution in [2.75, 3.05) is 13.2 Å². The summed E-state index contributed by atoms with van der Waals surface area (Å²) in [5.74, 6) is -0.876. The fourth-order valence-electron chi connectivity index (χ4n) is 10.1. The molecule has 468 valence electrons. The molecule has 0 rings (SSSR count). The molecule has 6 nitrogen and oxygen atoms in total. The second kappa shape index (κ2) is 69.1. The van der Waals surface area contributed by atoms with Crippen LogP contribution in [0, 0.1) is 0 Å². The van der Waals surface area contributed by atoms with Crippen LogP contribution in [-0.2, 0) is 28.6 Å². The highest BCUT2D eigenvalue weighted by molar-refractivity contribution is 5.71. The van der Waals surface area contributed by atoms with Crippen LogP contribution in [0.2, 0.25) is 0 Å². The highest BCUT2D eigenvalue weighted by Gasteiger charge is 2.19. The Morgan fingerprint density at radius 3 is 0.765 bits per heavy atom. The van der Waals surface area contributed by atoms with E-state index in [0.717, 1.165) is 96.3 Å². The summed E-state index contributed by atoms with van der Waals surface area (Å²) < 4.78 is 17.0. The molecule has 0 aromatic rings. The van der Waals surface area contributed by atoms with Gasteiger partial charge in [0.15, 0.2) is 6.10 Å². The average molecular weight is 1130 g/mol. The van der Waals surface area contributed by atoms with E-state index in [0.29, 0.717) is 19.3 Å². The Bertz CT molecular complexity index is 1530. The molecule has 0 amide bonds. The SMILES string of the molecule is CC/C=C\C/C=C\C/C=C\CCCCCCCCCC(=O)OCC(COC(=O)CCCCCCCCCCCCCC/C=C\C/C=C\C/C=C\CCCCCCC)OC(=O)CCCCCCCCCCC/C=C\CCCCCCCC. The Kier molecular flexibility index (Phi) is 66.2. The molecule has 0 aliphatic carbocycles. The van der Waals surface area contributed by atoms with Gasteiger partial charge in [0.1, 0.15) is 13.2 Å². The Labute approximate surface area is 503 Å². The second-order valence-corrected chi connectivity index (χ2v) is 23.4. The summed E-state index contributed by atoms with van der Waals surface area (Å²) in [6.45, 7) is 6.55. The number of unbranched alkanes of at least 4 members (excludes halogenated alkanes) is 39. The van der Waals surface area contributed by atoms with Crippen LogP contribution in [0.1, 0.15) is 355 Å². The number of hydrogen-bond donors (Lipinski definition) is 0. The van der Waals surface area contributed by atoms with Crippen molar-refractivity contribution < 1.29 is 28.6 Å². The molecule has 0 aromatic heterocycles. The van der Waals surface area contributed by atoms with Crippen molar-refractivity contribution in [1.82, 2.24) is 0 Å². The predicted molar refractivity (Wildman–Crippen MR) is 353 cm³/mol. The highest BCUT2D eigenvalue weighted by Crippen LogP contribution is 2.17. The van der Waals surface area contributed by atoms with Crippen LogP contribution < -0.4 is 0 Å². The molecule has 81 heavy (non-hydrogen) atoms. The zero-order valence-electron chi connectivity index (χ0n) is 53.8. The number of rotatable bonds is 64. The topological polar surface area (TPSA) is 78.9 Å². The number of hydrogen-bond acceptors (Lipinski definition) is 6. The van der Waals surface area contributed by atoms with Gasteiger partial charge in [-0.3, -0.25) is 14.4 Å². The minimum atomic E-state index is -0.785. The second-order valence-electron chi connectivity index (χ2n) is 23.4. The third-order valence-corrected chi connectivity index (χ3v) is 15.4. The van der Waals surface area contributed by atoms with Gasteiger partial charge < -0.3 is 14.2 Å². The quantitative estimate of drug-likeness (QED) is 0.0261. The monoisotopic (exact) mass is 1130 g/mol. The molecule has 0 aliphatic heterocycles. The molecule has 0 saturated heterocycles. The number of carbonyl (C=O) groups excluding carboxylic acids is 3. The normalized spacial score (nSPS) is 12.6. The summed E-state index contributed by atoms with van der Waals surface area (Å²) in [6.07, 6.45) is 91.7. The van der Waals surface area contributed by atoms with Gasteiger partial charge in [-0.1, -0.05) is 305 Å². The zero-order chi connectivity index (χ0) is 58.5. The molecule has 0 saturated carbocycles. The molecule has 0 aromatic carbocycles. The van der Waals surface area contributed by atoms with Crippen molar-refractivity contribution in [2.24, 2.45) is 0 Å². The van der Waals surface area contributed by atoms with Gasteiger partial charge in [-0.15, -0.1) is 0 Å². The summed E-state index contributed by atoms with van der Waals surface area (Å²) in [5, 5.41) is 0. The maximum absolute atomic E-state index is 13.0. The van der Waals surface area contributed by atoms with E-state index in [-0.39, 0.29) is 31.1 Å². The molecule has 0 aliphatic rings. The summed E-state index contributed by atoms with van der Waals surface area (Å²) in [5.41, 5.74) is 0. The summed E-state index contributed by atoms with van der Waals surface area (Å²) in [4.78, 5) is 38.5. The lowest BCUT2D eigenvalue weighted by atomic mass is 10.0. The lowest BCUT2D eigenvalue weighted by molar-refractivity contribution is -0.167. The van der Waals surface area contributed by atoms with Gasteiger partial charge in [-0.2, -0.15) is 0 Å². The maximum Gasteiger partial charge on any atom is 0.306 e. The minimum Gasteiger partial charge on any atom is -0.462 e. The molecule has 0 spiro atoms. The summed E-state index contributed by atoms with van der Waals surface area (Å²) in [6, 6.07) is 0. The Morgan fingerprint density at radius 2 is 0.481 bits per heavy atom. The van der Waals surface area contributed by atoms with Gasteiger partial charge in [0.05, 0.1) is 0 Å². The molecular formula is C75H132O6. The average Bonchev–Trinajstić information content (AvgIpc) is 3.47. The fourth-order valence-corrected chi connectivity index (χ4v) is 10.1. The van der Waals surface area contributed by atoms with E-state index in [9.17, 15) is 14.4 Å². The third kappa shape index (κ3) is 67.3. The molecule has 0 fully saturated rings. The molecular weight excluding hydrogens is 997 g/mol. The van der Waals surface area contributed by atoms with Crippen LogP contribution in [0.5, 0.6) is 0 Å². The zero-order valence-corrected chi connectivity index (χ0v) is 53.8. The van der Waals surface area contributed by atoms with E-state index in [4.69, 9.17) is 14.2 Å². The molecule has 1 unspecified atom stereocenters. The summed E-state index contributed by atoms with van der Waals surface area (Å²) in [7, 11) is 0. The van der Waals surface area contributed by atoms with E-state index in [1.807, 2.05) is 0 Å². The molecule has 0 radical (unpaired) electrons. The van der Waals surface area contributed by atoms with Crippen molar-refractivity contribution in [3.05, 3.63) is 85.1 Å². The predicted octanol–water partition coefficient (Wildman–Crippen LogP) is 24.2. The lowest BCUT2D eigenvalue weighted by Gasteiger charge is -2.18. The maximum atomic E-state index is 13.0. The van der Waals surface area contributed by atoms with Crippen molar-refractivity contribution in [3.8, 4) is 0 Å². The number of esters is 3. The highest BCUT2D eigenvalue weighted by atomic mass is 16.6. The van der Waals surface area contributed by atoms with Crippen LogP contribution in [-0.4, -0.2) is 37.2 Å². The van der Waals surface area contributed by atoms with Gasteiger partial charge in [0, 0.05) is 19.3 Å². The van der Waals surface area contributed by atoms with Crippen LogP contribution in [0.4, 0.5) is 0 Å². The van der Waals surface area contributed by atoms with Crippen LogP contribution >= 0.6 is 0 Å². The summed E-state index contributed by atoms with van der Waals surface area (Å²) >= 11 is 0. The Balaban J connectivity index is 4.33. The van der Waals surface area contributed by atoms with E-state index >= 15 is 0 Å². The van der Waals surface area contributed by atoms with E-state index in [1.54, 1.807) is 0 Å². The van der Waals surface area contributed by atoms with Gasteiger partial charge in [-0.05, 0) is 116 Å². The van der Waals surface area contributed by atoms with Gasteiger partial charge in [0.2, 0.25) is 0 Å². The van der Waals surface area contributed by atoms with Gasteiger partial charge >= 0.3 is 17.9 Å². The minimum absolute atomic E-state index is 0.0796. The number of ether oxygens (including phenoxy) is 3. The van der Waals surface area contributed by atoms with E-state index in [2.05, 4.69) is 106 Å². The molecule has 0 bridgehead atoms. The van der Waals surface area contributed by atoms with Crippen LogP contribution in [0.15, 0.2) is 85.1 Å². The Morgan fingerprint density at radius 1 is 0.259 bits per heavy atom.